The van der Waals surface area contributed by atoms with E-state index in [0.717, 1.165) is 12.8 Å². The Morgan fingerprint density at radius 2 is 2.18 bits per heavy atom. The molecule has 2 amide bonds. The van der Waals surface area contributed by atoms with Crippen LogP contribution in [-0.2, 0) is 6.42 Å². The van der Waals surface area contributed by atoms with E-state index in [1.165, 1.54) is 6.07 Å². The summed E-state index contributed by atoms with van der Waals surface area (Å²) >= 11 is 0. The molecule has 2 rings (SSSR count). The van der Waals surface area contributed by atoms with Crippen LogP contribution in [0, 0.1) is 11.7 Å². The van der Waals surface area contributed by atoms with Crippen LogP contribution in [-0.4, -0.2) is 41.3 Å². The van der Waals surface area contributed by atoms with Crippen LogP contribution in [0.15, 0.2) is 24.3 Å². The lowest BCUT2D eigenvalue weighted by Gasteiger charge is -2.34. The van der Waals surface area contributed by atoms with E-state index >= 15 is 0 Å². The number of carbonyl (C=O) groups excluding carboxylic acids is 1. The van der Waals surface area contributed by atoms with Crippen molar-refractivity contribution in [2.45, 2.75) is 45.3 Å². The van der Waals surface area contributed by atoms with Gasteiger partial charge in [-0.2, -0.15) is 0 Å². The molecule has 0 bridgehead atoms. The van der Waals surface area contributed by atoms with Gasteiger partial charge in [-0.25, -0.2) is 9.18 Å². The van der Waals surface area contributed by atoms with Crippen LogP contribution in [0.4, 0.5) is 9.18 Å². The van der Waals surface area contributed by atoms with Gasteiger partial charge < -0.3 is 15.3 Å². The number of halogens is 1. The number of rotatable bonds is 4. The van der Waals surface area contributed by atoms with Gasteiger partial charge in [-0.05, 0) is 44.7 Å². The molecule has 1 saturated heterocycles. The second kappa shape index (κ2) is 7.58. The highest BCUT2D eigenvalue weighted by Gasteiger charge is 2.27. The third kappa shape index (κ3) is 4.44. The van der Waals surface area contributed by atoms with E-state index in [1.54, 1.807) is 30.0 Å². The van der Waals surface area contributed by atoms with Crippen LogP contribution >= 0.6 is 0 Å². The SMILES string of the molecule is CC(Cc1ccccc1F)NC(=O)N1CCCC(C(C)O)C1. The third-order valence-electron chi connectivity index (χ3n) is 4.28. The number of benzene rings is 1. The Bertz CT molecular complexity index is 507. The molecule has 0 aromatic heterocycles. The second-order valence-corrected chi connectivity index (χ2v) is 6.23. The molecule has 3 atom stereocenters. The summed E-state index contributed by atoms with van der Waals surface area (Å²) in [7, 11) is 0. The van der Waals surface area contributed by atoms with Crippen molar-refractivity contribution in [1.29, 1.82) is 0 Å². The zero-order chi connectivity index (χ0) is 16.1. The van der Waals surface area contributed by atoms with Crippen LogP contribution in [0.25, 0.3) is 0 Å². The Hall–Kier alpha value is -1.62. The van der Waals surface area contributed by atoms with Gasteiger partial charge in [-0.3, -0.25) is 0 Å². The smallest absolute Gasteiger partial charge is 0.317 e. The predicted octanol–water partition coefficient (Wildman–Crippen LogP) is 2.56. The molecule has 5 heteroatoms. The topological polar surface area (TPSA) is 52.6 Å². The number of urea groups is 1. The highest BCUT2D eigenvalue weighted by atomic mass is 19.1. The van der Waals surface area contributed by atoms with E-state index in [0.29, 0.717) is 25.1 Å². The van der Waals surface area contributed by atoms with Gasteiger partial charge in [-0.1, -0.05) is 18.2 Å². The van der Waals surface area contributed by atoms with Gasteiger partial charge in [-0.15, -0.1) is 0 Å². The summed E-state index contributed by atoms with van der Waals surface area (Å²) in [6.45, 7) is 4.94. The monoisotopic (exact) mass is 308 g/mol. The fourth-order valence-corrected chi connectivity index (χ4v) is 2.94. The molecule has 0 saturated carbocycles. The maximum Gasteiger partial charge on any atom is 0.317 e. The van der Waals surface area contributed by atoms with Crippen molar-refractivity contribution in [2.75, 3.05) is 13.1 Å². The first kappa shape index (κ1) is 16.7. The number of likely N-dealkylation sites (tertiary alicyclic amines) is 1. The Balaban J connectivity index is 1.87. The van der Waals surface area contributed by atoms with Crippen molar-refractivity contribution in [1.82, 2.24) is 10.2 Å². The van der Waals surface area contributed by atoms with Crippen molar-refractivity contribution < 1.29 is 14.3 Å². The number of aliphatic hydroxyl groups is 1. The molecule has 1 aromatic rings. The molecule has 1 aromatic carbocycles. The number of aliphatic hydroxyl groups excluding tert-OH is 1. The maximum absolute atomic E-state index is 13.6. The van der Waals surface area contributed by atoms with Crippen molar-refractivity contribution in [3.63, 3.8) is 0 Å². The summed E-state index contributed by atoms with van der Waals surface area (Å²) in [4.78, 5) is 14.0. The first-order chi connectivity index (χ1) is 10.5. The highest BCUT2D eigenvalue weighted by Crippen LogP contribution is 2.19. The molecule has 1 heterocycles. The van der Waals surface area contributed by atoms with Gasteiger partial charge in [0, 0.05) is 25.0 Å². The first-order valence-electron chi connectivity index (χ1n) is 7.94. The minimum Gasteiger partial charge on any atom is -0.393 e. The lowest BCUT2D eigenvalue weighted by Crippen LogP contribution is -2.49. The van der Waals surface area contributed by atoms with E-state index < -0.39 is 6.10 Å². The molecular formula is C17H25FN2O2. The van der Waals surface area contributed by atoms with Crippen LogP contribution < -0.4 is 5.32 Å². The summed E-state index contributed by atoms with van der Waals surface area (Å²) in [6.07, 6.45) is 1.93. The molecule has 1 fully saturated rings. The fourth-order valence-electron chi connectivity index (χ4n) is 2.94. The average Bonchev–Trinajstić information content (AvgIpc) is 2.49. The molecule has 1 aliphatic heterocycles. The molecule has 1 aliphatic rings. The summed E-state index contributed by atoms with van der Waals surface area (Å²) in [5.41, 5.74) is 0.607. The van der Waals surface area contributed by atoms with Gasteiger partial charge in [0.05, 0.1) is 6.10 Å². The van der Waals surface area contributed by atoms with Crippen molar-refractivity contribution >= 4 is 6.03 Å². The van der Waals surface area contributed by atoms with Crippen molar-refractivity contribution in [2.24, 2.45) is 5.92 Å². The Kier molecular flexibility index (Phi) is 5.77. The quantitative estimate of drug-likeness (QED) is 0.898. The zero-order valence-electron chi connectivity index (χ0n) is 13.3. The number of nitrogens with zero attached hydrogens (tertiary/aromatic N) is 1. The molecule has 4 nitrogen and oxygen atoms in total. The average molecular weight is 308 g/mol. The van der Waals surface area contributed by atoms with Crippen LogP contribution in [0.5, 0.6) is 0 Å². The van der Waals surface area contributed by atoms with E-state index in [4.69, 9.17) is 0 Å². The maximum atomic E-state index is 13.6. The third-order valence-corrected chi connectivity index (χ3v) is 4.28. The number of amides is 2. The van der Waals surface area contributed by atoms with E-state index in [1.807, 2.05) is 6.92 Å². The van der Waals surface area contributed by atoms with Gasteiger partial charge >= 0.3 is 6.03 Å². The number of nitrogens with one attached hydrogen (secondary N) is 1. The van der Waals surface area contributed by atoms with Crippen molar-refractivity contribution in [3.05, 3.63) is 35.6 Å². The summed E-state index contributed by atoms with van der Waals surface area (Å²) < 4.78 is 13.6. The standard InChI is InChI=1S/C17H25FN2O2/c1-12(10-14-6-3-4-8-16(14)18)19-17(22)20-9-5-7-15(11-20)13(2)21/h3-4,6,8,12-13,15,21H,5,7,9-11H2,1-2H3,(H,19,22). The number of piperidine rings is 1. The van der Waals surface area contributed by atoms with Gasteiger partial charge in [0.15, 0.2) is 0 Å². The summed E-state index contributed by atoms with van der Waals surface area (Å²) in [6, 6.07) is 6.35. The molecule has 0 aliphatic carbocycles. The molecular weight excluding hydrogens is 283 g/mol. The zero-order valence-corrected chi connectivity index (χ0v) is 13.3. The summed E-state index contributed by atoms with van der Waals surface area (Å²) in [5.74, 6) is -0.0999. The van der Waals surface area contributed by atoms with Crippen LogP contribution in [0.1, 0.15) is 32.3 Å². The molecule has 3 unspecified atom stereocenters. The number of hydrogen-bond donors (Lipinski definition) is 2. The molecule has 0 radical (unpaired) electrons. The molecule has 22 heavy (non-hydrogen) atoms. The fraction of sp³-hybridized carbons (Fsp3) is 0.588. The largest absolute Gasteiger partial charge is 0.393 e. The first-order valence-corrected chi connectivity index (χ1v) is 7.94. The number of carbonyl (C=O) groups is 1. The number of hydrogen-bond acceptors (Lipinski definition) is 2. The Morgan fingerprint density at radius 1 is 1.45 bits per heavy atom. The van der Waals surface area contributed by atoms with Gasteiger partial charge in [0.2, 0.25) is 0 Å². The lowest BCUT2D eigenvalue weighted by molar-refractivity contribution is 0.0734. The lowest BCUT2D eigenvalue weighted by atomic mass is 9.94. The second-order valence-electron chi connectivity index (χ2n) is 6.23. The van der Waals surface area contributed by atoms with Gasteiger partial charge in [0.1, 0.15) is 5.82 Å². The Labute approximate surface area is 131 Å². The van der Waals surface area contributed by atoms with E-state index in [-0.39, 0.29) is 23.8 Å². The Morgan fingerprint density at radius 3 is 2.86 bits per heavy atom. The normalized spacial score (nSPS) is 21.3. The highest BCUT2D eigenvalue weighted by molar-refractivity contribution is 5.74. The predicted molar refractivity (Wildman–Crippen MR) is 84.1 cm³/mol. The van der Waals surface area contributed by atoms with E-state index in [2.05, 4.69) is 5.32 Å². The summed E-state index contributed by atoms with van der Waals surface area (Å²) in [5, 5.41) is 12.6. The van der Waals surface area contributed by atoms with Crippen LogP contribution in [0.3, 0.4) is 0 Å². The van der Waals surface area contributed by atoms with Crippen LogP contribution in [0.2, 0.25) is 0 Å². The van der Waals surface area contributed by atoms with Crippen molar-refractivity contribution in [3.8, 4) is 0 Å². The minimum absolute atomic E-state index is 0.130. The van der Waals surface area contributed by atoms with Gasteiger partial charge in [0.25, 0.3) is 0 Å². The molecule has 2 N–H and O–H groups in total. The van der Waals surface area contributed by atoms with E-state index in [9.17, 15) is 14.3 Å². The molecule has 122 valence electrons. The molecule has 0 spiro atoms. The minimum atomic E-state index is -0.397.